The smallest absolute Gasteiger partial charge is 0.237 e. The van der Waals surface area contributed by atoms with Gasteiger partial charge in [0.15, 0.2) is 0 Å². The van der Waals surface area contributed by atoms with E-state index < -0.39 is 0 Å². The Morgan fingerprint density at radius 2 is 2.00 bits per heavy atom. The van der Waals surface area contributed by atoms with E-state index in [0.717, 1.165) is 31.4 Å². The summed E-state index contributed by atoms with van der Waals surface area (Å²) in [5, 5.41) is 13.0. The minimum atomic E-state index is -0.207. The Morgan fingerprint density at radius 1 is 1.32 bits per heavy atom. The molecule has 0 saturated heterocycles. The van der Waals surface area contributed by atoms with E-state index in [-0.39, 0.29) is 24.1 Å². The zero-order valence-corrected chi connectivity index (χ0v) is 13.8. The maximum absolute atomic E-state index is 12.4. The van der Waals surface area contributed by atoms with Crippen LogP contribution in [0.1, 0.15) is 44.7 Å². The fourth-order valence-electron chi connectivity index (χ4n) is 3.12. The van der Waals surface area contributed by atoms with Crippen LogP contribution in [0.3, 0.4) is 0 Å². The van der Waals surface area contributed by atoms with Crippen molar-refractivity contribution in [1.82, 2.24) is 10.2 Å². The first-order valence-corrected chi connectivity index (χ1v) is 8.22. The predicted octanol–water partition coefficient (Wildman–Crippen LogP) is 2.35. The van der Waals surface area contributed by atoms with Gasteiger partial charge < -0.3 is 10.4 Å². The van der Waals surface area contributed by atoms with E-state index in [0.29, 0.717) is 5.92 Å². The number of nitrogens with one attached hydrogen (secondary N) is 1. The van der Waals surface area contributed by atoms with Crippen molar-refractivity contribution in [3.8, 4) is 0 Å². The fourth-order valence-corrected chi connectivity index (χ4v) is 3.12. The second-order valence-electron chi connectivity index (χ2n) is 6.51. The van der Waals surface area contributed by atoms with Gasteiger partial charge in [0.2, 0.25) is 5.91 Å². The molecule has 0 heterocycles. The highest BCUT2D eigenvalue weighted by Crippen LogP contribution is 2.26. The predicted molar refractivity (Wildman–Crippen MR) is 88.4 cm³/mol. The van der Waals surface area contributed by atoms with E-state index >= 15 is 0 Å². The van der Waals surface area contributed by atoms with Crippen LogP contribution in [0.25, 0.3) is 0 Å². The highest BCUT2D eigenvalue weighted by atomic mass is 16.3. The lowest BCUT2D eigenvalue weighted by Gasteiger charge is -2.29. The molecule has 1 aromatic rings. The number of hydrogen-bond donors (Lipinski definition) is 2. The molecule has 1 amide bonds. The maximum atomic E-state index is 12.4. The quantitative estimate of drug-likeness (QED) is 0.848. The van der Waals surface area contributed by atoms with E-state index in [1.807, 2.05) is 56.1 Å². The molecule has 4 unspecified atom stereocenters. The molecule has 1 aromatic carbocycles. The molecule has 0 aromatic heterocycles. The molecule has 0 spiro atoms. The Balaban J connectivity index is 1.85. The van der Waals surface area contributed by atoms with Crippen molar-refractivity contribution < 1.29 is 9.90 Å². The van der Waals surface area contributed by atoms with Gasteiger partial charge in [0.05, 0.1) is 18.2 Å². The molecule has 0 bridgehead atoms. The number of amides is 1. The molecule has 2 rings (SSSR count). The minimum Gasteiger partial charge on any atom is -0.393 e. The molecule has 2 N–H and O–H groups in total. The lowest BCUT2D eigenvalue weighted by atomic mass is 10.0. The van der Waals surface area contributed by atoms with Gasteiger partial charge in [-0.1, -0.05) is 36.8 Å². The summed E-state index contributed by atoms with van der Waals surface area (Å²) in [6.07, 6.45) is 2.83. The first kappa shape index (κ1) is 17.0. The number of nitrogens with zero attached hydrogens (tertiary/aromatic N) is 1. The average Bonchev–Trinajstić information content (AvgIpc) is 2.92. The van der Waals surface area contributed by atoms with Crippen molar-refractivity contribution in [1.29, 1.82) is 0 Å². The van der Waals surface area contributed by atoms with Crippen LogP contribution in [0.5, 0.6) is 0 Å². The van der Waals surface area contributed by atoms with Gasteiger partial charge in [0.25, 0.3) is 0 Å². The van der Waals surface area contributed by atoms with Gasteiger partial charge >= 0.3 is 0 Å². The van der Waals surface area contributed by atoms with Crippen LogP contribution in [0, 0.1) is 5.92 Å². The Morgan fingerprint density at radius 3 is 2.59 bits per heavy atom. The number of aliphatic hydroxyl groups excluding tert-OH is 1. The van der Waals surface area contributed by atoms with E-state index in [2.05, 4.69) is 5.32 Å². The third-order valence-electron chi connectivity index (χ3n) is 4.84. The van der Waals surface area contributed by atoms with Crippen LogP contribution in [0.4, 0.5) is 0 Å². The zero-order chi connectivity index (χ0) is 16.1. The monoisotopic (exact) mass is 304 g/mol. The van der Waals surface area contributed by atoms with Gasteiger partial charge in [-0.25, -0.2) is 0 Å². The Labute approximate surface area is 133 Å². The van der Waals surface area contributed by atoms with Crippen molar-refractivity contribution in [2.75, 3.05) is 13.6 Å². The Hall–Kier alpha value is -1.39. The molecule has 1 saturated carbocycles. The molecule has 1 aliphatic carbocycles. The van der Waals surface area contributed by atoms with Crippen molar-refractivity contribution in [3.63, 3.8) is 0 Å². The standard InChI is InChI=1S/C18H28N2O2/c1-13(15-8-5-4-6-9-15)19-18(22)14(2)20(3)12-16-10-7-11-17(16)21/h4-6,8-9,13-14,16-17,21H,7,10-12H2,1-3H3,(H,19,22). The first-order valence-electron chi connectivity index (χ1n) is 8.22. The Kier molecular flexibility index (Phi) is 5.98. The number of likely N-dealkylation sites (N-methyl/N-ethyl adjacent to an activating group) is 1. The zero-order valence-electron chi connectivity index (χ0n) is 13.8. The Bertz CT molecular complexity index is 477. The second-order valence-corrected chi connectivity index (χ2v) is 6.51. The molecular weight excluding hydrogens is 276 g/mol. The summed E-state index contributed by atoms with van der Waals surface area (Å²) in [6, 6.07) is 9.79. The lowest BCUT2D eigenvalue weighted by molar-refractivity contribution is -0.126. The van der Waals surface area contributed by atoms with E-state index in [1.54, 1.807) is 0 Å². The molecule has 0 aliphatic heterocycles. The molecule has 122 valence electrons. The largest absolute Gasteiger partial charge is 0.393 e. The van der Waals surface area contributed by atoms with E-state index in [9.17, 15) is 9.90 Å². The third-order valence-corrected chi connectivity index (χ3v) is 4.84. The summed E-state index contributed by atoms with van der Waals surface area (Å²) in [5.74, 6) is 0.332. The summed E-state index contributed by atoms with van der Waals surface area (Å²) in [5.41, 5.74) is 1.11. The molecule has 1 aliphatic rings. The van der Waals surface area contributed by atoms with Gasteiger partial charge in [-0.3, -0.25) is 9.69 Å². The SMILES string of the molecule is CC(NC(=O)C(C)N(C)CC1CCCC1O)c1ccccc1. The van der Waals surface area contributed by atoms with Crippen molar-refractivity contribution in [2.45, 2.75) is 51.3 Å². The van der Waals surface area contributed by atoms with Gasteiger partial charge in [-0.15, -0.1) is 0 Å². The number of aliphatic hydroxyl groups is 1. The molecule has 0 radical (unpaired) electrons. The van der Waals surface area contributed by atoms with Crippen LogP contribution >= 0.6 is 0 Å². The number of carbonyl (C=O) groups excluding carboxylic acids is 1. The van der Waals surface area contributed by atoms with Crippen LogP contribution in [0.2, 0.25) is 0 Å². The van der Waals surface area contributed by atoms with Gasteiger partial charge in [-0.05, 0) is 45.2 Å². The highest BCUT2D eigenvalue weighted by molar-refractivity contribution is 5.81. The number of benzene rings is 1. The van der Waals surface area contributed by atoms with Gasteiger partial charge in [-0.2, -0.15) is 0 Å². The van der Waals surface area contributed by atoms with Crippen LogP contribution < -0.4 is 5.32 Å². The lowest BCUT2D eigenvalue weighted by Crippen LogP contribution is -2.46. The topological polar surface area (TPSA) is 52.6 Å². The average molecular weight is 304 g/mol. The summed E-state index contributed by atoms with van der Waals surface area (Å²) in [7, 11) is 1.96. The molecular formula is C18H28N2O2. The summed E-state index contributed by atoms with van der Waals surface area (Å²) in [4.78, 5) is 14.5. The van der Waals surface area contributed by atoms with Crippen LogP contribution in [-0.4, -0.2) is 41.7 Å². The number of rotatable bonds is 6. The summed E-state index contributed by atoms with van der Waals surface area (Å²) in [6.45, 7) is 4.70. The summed E-state index contributed by atoms with van der Waals surface area (Å²) < 4.78 is 0. The highest BCUT2D eigenvalue weighted by Gasteiger charge is 2.29. The molecule has 4 atom stereocenters. The van der Waals surface area contributed by atoms with E-state index in [4.69, 9.17) is 0 Å². The number of carbonyl (C=O) groups is 1. The maximum Gasteiger partial charge on any atom is 0.237 e. The number of hydrogen-bond acceptors (Lipinski definition) is 3. The molecule has 1 fully saturated rings. The fraction of sp³-hybridized carbons (Fsp3) is 0.611. The van der Waals surface area contributed by atoms with Crippen molar-refractivity contribution >= 4 is 5.91 Å². The minimum absolute atomic E-state index is 0.00150. The second kappa shape index (κ2) is 7.75. The first-order chi connectivity index (χ1) is 10.5. The van der Waals surface area contributed by atoms with Crippen molar-refractivity contribution in [2.24, 2.45) is 5.92 Å². The van der Waals surface area contributed by atoms with Crippen LogP contribution in [0.15, 0.2) is 30.3 Å². The molecule has 4 heteroatoms. The normalized spacial score (nSPS) is 24.2. The van der Waals surface area contributed by atoms with E-state index in [1.165, 1.54) is 0 Å². The third kappa shape index (κ3) is 4.31. The molecule has 4 nitrogen and oxygen atoms in total. The van der Waals surface area contributed by atoms with Crippen molar-refractivity contribution in [3.05, 3.63) is 35.9 Å². The van der Waals surface area contributed by atoms with Gasteiger partial charge in [0, 0.05) is 6.54 Å². The molecule has 22 heavy (non-hydrogen) atoms. The summed E-state index contributed by atoms with van der Waals surface area (Å²) >= 11 is 0. The van der Waals surface area contributed by atoms with Crippen LogP contribution in [-0.2, 0) is 4.79 Å². The van der Waals surface area contributed by atoms with Gasteiger partial charge in [0.1, 0.15) is 0 Å².